The molecule has 15 heavy (non-hydrogen) atoms. The van der Waals surface area contributed by atoms with Crippen molar-refractivity contribution in [1.82, 2.24) is 0 Å². The lowest BCUT2D eigenvalue weighted by Gasteiger charge is -2.12. The fraction of sp³-hybridized carbons (Fsp3) is 0.545. The molecule has 0 saturated carbocycles. The molecule has 0 saturated heterocycles. The molecule has 0 fully saturated rings. The Labute approximate surface area is 89.6 Å². The average Bonchev–Trinajstić information content (AvgIpc) is 2.64. The van der Waals surface area contributed by atoms with Gasteiger partial charge in [0.05, 0.1) is 13.0 Å². The van der Waals surface area contributed by atoms with Crippen molar-refractivity contribution in [2.75, 3.05) is 19.0 Å². The van der Waals surface area contributed by atoms with Gasteiger partial charge in [0.2, 0.25) is 0 Å². The Kier molecular flexibility index (Phi) is 4.21. The number of furan rings is 1. The molecule has 0 aromatic carbocycles. The van der Waals surface area contributed by atoms with Crippen LogP contribution in [0.2, 0.25) is 0 Å². The first kappa shape index (κ1) is 11.6. The van der Waals surface area contributed by atoms with Crippen LogP contribution < -0.4 is 5.32 Å². The van der Waals surface area contributed by atoms with Crippen molar-refractivity contribution in [3.8, 4) is 0 Å². The zero-order chi connectivity index (χ0) is 11.3. The van der Waals surface area contributed by atoms with Gasteiger partial charge in [0, 0.05) is 12.6 Å². The van der Waals surface area contributed by atoms with Gasteiger partial charge in [-0.1, -0.05) is 6.92 Å². The number of rotatable bonds is 5. The number of carbonyl (C=O) groups excluding carboxylic acids is 1. The van der Waals surface area contributed by atoms with E-state index in [0.29, 0.717) is 12.4 Å². The highest BCUT2D eigenvalue weighted by molar-refractivity contribution is 5.72. The van der Waals surface area contributed by atoms with Crippen LogP contribution in [0.25, 0.3) is 0 Å². The highest BCUT2D eigenvalue weighted by Crippen LogP contribution is 2.13. The fourth-order valence-corrected chi connectivity index (χ4v) is 1.31. The molecule has 84 valence electrons. The van der Waals surface area contributed by atoms with Crippen LogP contribution in [0, 0.1) is 12.8 Å². The Hall–Kier alpha value is -1.45. The summed E-state index contributed by atoms with van der Waals surface area (Å²) in [6, 6.07) is 3.72. The molecule has 1 aromatic rings. The van der Waals surface area contributed by atoms with Crippen LogP contribution in [-0.2, 0) is 9.53 Å². The van der Waals surface area contributed by atoms with Gasteiger partial charge < -0.3 is 14.5 Å². The van der Waals surface area contributed by atoms with E-state index in [1.165, 1.54) is 7.11 Å². The molecule has 1 N–H and O–H groups in total. The lowest BCUT2D eigenvalue weighted by atomic mass is 10.1. The van der Waals surface area contributed by atoms with Gasteiger partial charge in [-0.3, -0.25) is 4.79 Å². The van der Waals surface area contributed by atoms with Gasteiger partial charge in [-0.05, 0) is 19.4 Å². The average molecular weight is 211 g/mol. The Bertz CT molecular complexity index is 319. The molecular weight excluding hydrogens is 194 g/mol. The zero-order valence-corrected chi connectivity index (χ0v) is 9.37. The highest BCUT2D eigenvalue weighted by atomic mass is 16.5. The second kappa shape index (κ2) is 5.44. The topological polar surface area (TPSA) is 51.5 Å². The second-order valence-electron chi connectivity index (χ2n) is 3.42. The first-order valence-corrected chi connectivity index (χ1v) is 5.05. The van der Waals surface area contributed by atoms with Crippen LogP contribution in [0.1, 0.15) is 19.1 Å². The molecule has 0 spiro atoms. The van der Waals surface area contributed by atoms with Gasteiger partial charge in [-0.15, -0.1) is 0 Å². The number of esters is 1. The summed E-state index contributed by atoms with van der Waals surface area (Å²) in [5.41, 5.74) is 0. The Morgan fingerprint density at radius 3 is 2.80 bits per heavy atom. The summed E-state index contributed by atoms with van der Waals surface area (Å²) in [5.74, 6) is 1.23. The summed E-state index contributed by atoms with van der Waals surface area (Å²) in [6.07, 6.45) is 0.749. The lowest BCUT2D eigenvalue weighted by molar-refractivity contribution is -0.145. The number of methoxy groups -OCH3 is 1. The highest BCUT2D eigenvalue weighted by Gasteiger charge is 2.16. The van der Waals surface area contributed by atoms with E-state index in [1.54, 1.807) is 0 Å². The van der Waals surface area contributed by atoms with Crippen LogP contribution >= 0.6 is 0 Å². The number of carbonyl (C=O) groups is 1. The largest absolute Gasteiger partial charge is 0.469 e. The molecule has 1 atom stereocenters. The summed E-state index contributed by atoms with van der Waals surface area (Å²) in [4.78, 5) is 11.3. The first-order valence-electron chi connectivity index (χ1n) is 5.05. The van der Waals surface area contributed by atoms with E-state index in [4.69, 9.17) is 4.42 Å². The molecule has 0 radical (unpaired) electrons. The quantitative estimate of drug-likeness (QED) is 0.758. The van der Waals surface area contributed by atoms with Crippen molar-refractivity contribution >= 4 is 11.9 Å². The third-order valence-corrected chi connectivity index (χ3v) is 2.29. The number of hydrogen-bond donors (Lipinski definition) is 1. The number of ether oxygens (including phenoxy) is 1. The third-order valence-electron chi connectivity index (χ3n) is 2.29. The minimum atomic E-state index is -0.187. The van der Waals surface area contributed by atoms with Gasteiger partial charge in [0.25, 0.3) is 0 Å². The van der Waals surface area contributed by atoms with Crippen molar-refractivity contribution in [2.45, 2.75) is 20.3 Å². The van der Waals surface area contributed by atoms with E-state index in [1.807, 2.05) is 26.0 Å². The maximum atomic E-state index is 11.3. The van der Waals surface area contributed by atoms with Gasteiger partial charge in [-0.25, -0.2) is 0 Å². The van der Waals surface area contributed by atoms with Crippen molar-refractivity contribution < 1.29 is 13.9 Å². The molecule has 1 unspecified atom stereocenters. The number of aryl methyl sites for hydroxylation is 1. The molecule has 1 aromatic heterocycles. The van der Waals surface area contributed by atoms with Crippen LogP contribution in [0.3, 0.4) is 0 Å². The van der Waals surface area contributed by atoms with Crippen LogP contribution in [-0.4, -0.2) is 19.6 Å². The molecule has 4 heteroatoms. The third kappa shape index (κ3) is 3.31. The Balaban J connectivity index is 2.44. The molecule has 1 rings (SSSR count). The van der Waals surface area contributed by atoms with Crippen molar-refractivity contribution in [1.29, 1.82) is 0 Å². The monoisotopic (exact) mass is 211 g/mol. The second-order valence-corrected chi connectivity index (χ2v) is 3.42. The Morgan fingerprint density at radius 2 is 2.33 bits per heavy atom. The van der Waals surface area contributed by atoms with E-state index >= 15 is 0 Å². The number of anilines is 1. The van der Waals surface area contributed by atoms with Gasteiger partial charge >= 0.3 is 5.97 Å². The predicted molar refractivity (Wildman–Crippen MR) is 57.7 cm³/mol. The van der Waals surface area contributed by atoms with Gasteiger partial charge in [0.15, 0.2) is 5.88 Å². The molecule has 0 aliphatic heterocycles. The summed E-state index contributed by atoms with van der Waals surface area (Å²) >= 11 is 0. The summed E-state index contributed by atoms with van der Waals surface area (Å²) in [7, 11) is 1.40. The lowest BCUT2D eigenvalue weighted by Crippen LogP contribution is -2.23. The standard InChI is InChI=1S/C11H17NO3/c1-4-9(11(13)14-3)7-12-10-6-5-8(2)15-10/h5-6,9,12H,4,7H2,1-3H3. The molecule has 1 heterocycles. The minimum Gasteiger partial charge on any atom is -0.469 e. The van der Waals surface area contributed by atoms with Gasteiger partial charge in [0.1, 0.15) is 5.76 Å². The van der Waals surface area contributed by atoms with E-state index in [0.717, 1.165) is 12.2 Å². The number of nitrogens with one attached hydrogen (secondary N) is 1. The van der Waals surface area contributed by atoms with Crippen LogP contribution in [0.5, 0.6) is 0 Å². The maximum Gasteiger partial charge on any atom is 0.310 e. The summed E-state index contributed by atoms with van der Waals surface area (Å²) < 4.78 is 10.0. The van der Waals surface area contributed by atoms with Crippen molar-refractivity contribution in [2.24, 2.45) is 5.92 Å². The molecule has 0 bridgehead atoms. The smallest absolute Gasteiger partial charge is 0.310 e. The molecule has 0 aliphatic rings. The van der Waals surface area contributed by atoms with E-state index in [2.05, 4.69) is 10.1 Å². The van der Waals surface area contributed by atoms with E-state index in [-0.39, 0.29) is 11.9 Å². The fourth-order valence-electron chi connectivity index (χ4n) is 1.31. The normalized spacial score (nSPS) is 12.2. The zero-order valence-electron chi connectivity index (χ0n) is 9.37. The first-order chi connectivity index (χ1) is 7.17. The molecule has 0 aliphatic carbocycles. The summed E-state index contributed by atoms with van der Waals surface area (Å²) in [5, 5.41) is 3.06. The Morgan fingerprint density at radius 1 is 1.60 bits per heavy atom. The molecule has 4 nitrogen and oxygen atoms in total. The van der Waals surface area contributed by atoms with Crippen molar-refractivity contribution in [3.05, 3.63) is 17.9 Å². The van der Waals surface area contributed by atoms with E-state index < -0.39 is 0 Å². The predicted octanol–water partition coefficient (Wildman–Crippen LogP) is 2.20. The molecular formula is C11H17NO3. The van der Waals surface area contributed by atoms with E-state index in [9.17, 15) is 4.79 Å². The van der Waals surface area contributed by atoms with Crippen LogP contribution in [0.4, 0.5) is 5.88 Å². The maximum absolute atomic E-state index is 11.3. The number of hydrogen-bond acceptors (Lipinski definition) is 4. The van der Waals surface area contributed by atoms with Gasteiger partial charge in [-0.2, -0.15) is 0 Å². The molecule has 0 amide bonds. The van der Waals surface area contributed by atoms with Crippen molar-refractivity contribution in [3.63, 3.8) is 0 Å². The SMILES string of the molecule is CCC(CNc1ccc(C)o1)C(=O)OC. The summed E-state index contributed by atoms with van der Waals surface area (Å²) in [6.45, 7) is 4.37. The minimum absolute atomic E-state index is 0.125. The van der Waals surface area contributed by atoms with Crippen LogP contribution in [0.15, 0.2) is 16.5 Å².